The van der Waals surface area contributed by atoms with Gasteiger partial charge in [0.15, 0.2) is 0 Å². The molecule has 0 radical (unpaired) electrons. The zero-order valence-corrected chi connectivity index (χ0v) is 9.13. The van der Waals surface area contributed by atoms with Crippen molar-refractivity contribution in [3.05, 3.63) is 11.6 Å². The summed E-state index contributed by atoms with van der Waals surface area (Å²) >= 11 is 5.44. The molecule has 0 fully saturated rings. The Kier molecular flexibility index (Phi) is 10.00. The van der Waals surface area contributed by atoms with Crippen LogP contribution >= 0.6 is 11.6 Å². The minimum atomic E-state index is 0.224. The Morgan fingerprint density at radius 2 is 2.08 bits per heavy atom. The van der Waals surface area contributed by atoms with Crippen molar-refractivity contribution in [2.24, 2.45) is 0 Å². The molecule has 0 aliphatic heterocycles. The van der Waals surface area contributed by atoms with Crippen LogP contribution in [0.5, 0.6) is 0 Å². The van der Waals surface area contributed by atoms with Crippen LogP contribution in [0.4, 0.5) is 0 Å². The molecule has 0 bridgehead atoms. The van der Waals surface area contributed by atoms with E-state index in [9.17, 15) is 0 Å². The fourth-order valence-electron chi connectivity index (χ4n) is 1.21. The molecule has 0 saturated carbocycles. The quantitative estimate of drug-likeness (QED) is 0.615. The molecule has 0 spiro atoms. The highest BCUT2D eigenvalue weighted by atomic mass is 35.5. The van der Waals surface area contributed by atoms with E-state index < -0.39 is 0 Å². The van der Waals surface area contributed by atoms with Crippen molar-refractivity contribution in [1.29, 1.82) is 0 Å². The third-order valence-corrected chi connectivity index (χ3v) is 2.12. The Hall–Kier alpha value is -0.0500. The van der Waals surface area contributed by atoms with E-state index in [-0.39, 0.29) is 6.61 Å². The zero-order valence-electron chi connectivity index (χ0n) is 8.38. The van der Waals surface area contributed by atoms with Crippen LogP contribution in [0.3, 0.4) is 0 Å². The molecule has 0 aromatic rings. The van der Waals surface area contributed by atoms with Gasteiger partial charge in [-0.25, -0.2) is 0 Å². The number of aliphatic hydroxyl groups excluding tert-OH is 1. The smallest absolute Gasteiger partial charge is 0.0558 e. The summed E-state index contributed by atoms with van der Waals surface area (Å²) in [5.41, 5.74) is 1.53. The van der Waals surface area contributed by atoms with Crippen LogP contribution in [0.25, 0.3) is 0 Å². The van der Waals surface area contributed by atoms with Crippen molar-refractivity contribution in [2.45, 2.75) is 26.2 Å². The van der Waals surface area contributed by atoms with Crippen molar-refractivity contribution < 1.29 is 5.11 Å². The lowest BCUT2D eigenvalue weighted by Gasteiger charge is -2.18. The van der Waals surface area contributed by atoms with Crippen LogP contribution in [-0.2, 0) is 0 Å². The predicted octanol–water partition coefficient (Wildman–Crippen LogP) is 2.22. The monoisotopic (exact) mass is 205 g/mol. The van der Waals surface area contributed by atoms with Crippen molar-refractivity contribution in [1.82, 2.24) is 4.90 Å². The molecular weight excluding hydrogens is 186 g/mol. The average Bonchev–Trinajstić information content (AvgIpc) is 2.14. The summed E-state index contributed by atoms with van der Waals surface area (Å²) in [6, 6.07) is 0. The lowest BCUT2D eigenvalue weighted by molar-refractivity contribution is 0.206. The first-order chi connectivity index (χ1) is 6.35. The summed E-state index contributed by atoms with van der Waals surface area (Å²) in [6.07, 6.45) is 5.60. The number of unbranched alkanes of at least 4 members (excludes halogenated alkanes) is 2. The predicted molar refractivity (Wildman–Crippen MR) is 58.0 cm³/mol. The second kappa shape index (κ2) is 10.0. The van der Waals surface area contributed by atoms with Crippen LogP contribution in [0.1, 0.15) is 26.2 Å². The molecule has 0 saturated heterocycles. The summed E-state index contributed by atoms with van der Waals surface area (Å²) < 4.78 is 0. The van der Waals surface area contributed by atoms with E-state index in [1.165, 1.54) is 24.8 Å². The fraction of sp³-hybridized carbons (Fsp3) is 0.800. The van der Waals surface area contributed by atoms with Gasteiger partial charge in [0.25, 0.3) is 0 Å². The highest BCUT2D eigenvalue weighted by Crippen LogP contribution is 1.98. The van der Waals surface area contributed by atoms with Crippen molar-refractivity contribution in [3.8, 4) is 0 Å². The maximum Gasteiger partial charge on any atom is 0.0558 e. The third kappa shape index (κ3) is 8.28. The van der Waals surface area contributed by atoms with Gasteiger partial charge in [0, 0.05) is 18.6 Å². The molecule has 0 unspecified atom stereocenters. The van der Waals surface area contributed by atoms with Gasteiger partial charge in [-0.2, -0.15) is 0 Å². The Labute approximate surface area is 86.2 Å². The molecule has 1 N–H and O–H groups in total. The zero-order chi connectivity index (χ0) is 9.94. The lowest BCUT2D eigenvalue weighted by atomic mass is 10.2. The van der Waals surface area contributed by atoms with Gasteiger partial charge >= 0.3 is 0 Å². The van der Waals surface area contributed by atoms with E-state index in [1.807, 2.05) is 6.08 Å². The lowest BCUT2D eigenvalue weighted by Crippen LogP contribution is -2.28. The molecule has 0 aromatic heterocycles. The van der Waals surface area contributed by atoms with Crippen molar-refractivity contribution >= 4 is 11.6 Å². The van der Waals surface area contributed by atoms with Crippen LogP contribution in [0.2, 0.25) is 0 Å². The second-order valence-corrected chi connectivity index (χ2v) is 3.34. The van der Waals surface area contributed by atoms with Gasteiger partial charge in [-0.05, 0) is 13.0 Å². The molecule has 0 aliphatic rings. The van der Waals surface area contributed by atoms with Crippen molar-refractivity contribution in [3.63, 3.8) is 0 Å². The van der Waals surface area contributed by atoms with E-state index in [0.717, 1.165) is 19.6 Å². The second-order valence-electron chi connectivity index (χ2n) is 3.09. The Bertz CT molecular complexity index is 128. The van der Waals surface area contributed by atoms with Gasteiger partial charge < -0.3 is 5.11 Å². The molecule has 0 amide bonds. The van der Waals surface area contributed by atoms with E-state index in [2.05, 4.69) is 11.8 Å². The molecule has 0 aromatic carbocycles. The van der Waals surface area contributed by atoms with E-state index in [0.29, 0.717) is 0 Å². The standard InChI is InChI=1S/C10H20ClNO/c1-2-3-4-7-12(9-10-13)8-5-6-11/h5-6,13H,2-4,7-10H2,1H3. The molecule has 0 atom stereocenters. The number of hydrogen-bond acceptors (Lipinski definition) is 2. The van der Waals surface area contributed by atoms with Gasteiger partial charge in [-0.1, -0.05) is 37.4 Å². The third-order valence-electron chi connectivity index (χ3n) is 1.95. The minimum absolute atomic E-state index is 0.224. The first kappa shape index (κ1) is 12.9. The molecule has 0 heterocycles. The summed E-state index contributed by atoms with van der Waals surface area (Å²) in [7, 11) is 0. The first-order valence-corrected chi connectivity index (χ1v) is 5.37. The van der Waals surface area contributed by atoms with Crippen LogP contribution in [0, 0.1) is 0 Å². The van der Waals surface area contributed by atoms with Crippen LogP contribution < -0.4 is 0 Å². The number of hydrogen-bond donors (Lipinski definition) is 1. The van der Waals surface area contributed by atoms with Gasteiger partial charge in [-0.3, -0.25) is 4.90 Å². The summed E-state index contributed by atoms with van der Waals surface area (Å²) in [5, 5.41) is 8.79. The van der Waals surface area contributed by atoms with E-state index >= 15 is 0 Å². The van der Waals surface area contributed by atoms with E-state index in [1.54, 1.807) is 0 Å². The van der Waals surface area contributed by atoms with Crippen LogP contribution in [0.15, 0.2) is 11.6 Å². The Balaban J connectivity index is 3.53. The summed E-state index contributed by atoms with van der Waals surface area (Å²) in [6.45, 7) is 5.05. The SMILES string of the molecule is CCCCCN(CC=CCl)CCO. The molecule has 0 rings (SSSR count). The van der Waals surface area contributed by atoms with Gasteiger partial charge in [-0.15, -0.1) is 0 Å². The van der Waals surface area contributed by atoms with Gasteiger partial charge in [0.05, 0.1) is 6.61 Å². The molecule has 2 nitrogen and oxygen atoms in total. The molecule has 78 valence electrons. The largest absolute Gasteiger partial charge is 0.395 e. The number of halogens is 1. The van der Waals surface area contributed by atoms with Gasteiger partial charge in [0.2, 0.25) is 0 Å². The molecule has 3 heteroatoms. The molecule has 13 heavy (non-hydrogen) atoms. The Morgan fingerprint density at radius 1 is 1.31 bits per heavy atom. The maximum absolute atomic E-state index is 8.79. The fourth-order valence-corrected chi connectivity index (χ4v) is 1.29. The van der Waals surface area contributed by atoms with Crippen molar-refractivity contribution in [2.75, 3.05) is 26.2 Å². The highest BCUT2D eigenvalue weighted by molar-refractivity contribution is 6.25. The van der Waals surface area contributed by atoms with Crippen LogP contribution in [-0.4, -0.2) is 36.2 Å². The molecule has 0 aliphatic carbocycles. The van der Waals surface area contributed by atoms with Gasteiger partial charge in [0.1, 0.15) is 0 Å². The highest BCUT2D eigenvalue weighted by Gasteiger charge is 2.00. The summed E-state index contributed by atoms with van der Waals surface area (Å²) in [4.78, 5) is 2.20. The number of rotatable bonds is 8. The first-order valence-electron chi connectivity index (χ1n) is 4.93. The Morgan fingerprint density at radius 3 is 2.62 bits per heavy atom. The normalized spacial score (nSPS) is 11.7. The van der Waals surface area contributed by atoms with E-state index in [4.69, 9.17) is 16.7 Å². The average molecular weight is 206 g/mol. The number of aliphatic hydroxyl groups is 1. The maximum atomic E-state index is 8.79. The molecular formula is C10H20ClNO. The summed E-state index contributed by atoms with van der Waals surface area (Å²) in [5.74, 6) is 0. The topological polar surface area (TPSA) is 23.5 Å². The number of nitrogens with zero attached hydrogens (tertiary/aromatic N) is 1. The minimum Gasteiger partial charge on any atom is -0.395 e.